The first-order valence-electron chi connectivity index (χ1n) is 12.8. The summed E-state index contributed by atoms with van der Waals surface area (Å²) < 4.78 is 8.72. The van der Waals surface area contributed by atoms with Gasteiger partial charge < -0.3 is 14.5 Å². The van der Waals surface area contributed by atoms with Crippen molar-refractivity contribution in [2.75, 3.05) is 18.6 Å². The van der Waals surface area contributed by atoms with Crippen LogP contribution in [0.25, 0.3) is 5.65 Å². The fourth-order valence-corrected chi connectivity index (χ4v) is 4.85. The maximum atomic E-state index is 6.47. The van der Waals surface area contributed by atoms with Crippen LogP contribution in [0.3, 0.4) is 0 Å². The van der Waals surface area contributed by atoms with E-state index in [-0.39, 0.29) is 10.8 Å². The highest BCUT2D eigenvalue weighted by Gasteiger charge is 2.31. The van der Waals surface area contributed by atoms with Gasteiger partial charge in [-0.15, -0.1) is 0 Å². The van der Waals surface area contributed by atoms with Crippen molar-refractivity contribution in [2.45, 2.75) is 59.3 Å². The number of benzene rings is 1. The van der Waals surface area contributed by atoms with E-state index in [1.807, 2.05) is 24.4 Å². The Balaban J connectivity index is 1.58. The Labute approximate surface area is 220 Å². The van der Waals surface area contributed by atoms with Crippen molar-refractivity contribution < 1.29 is 4.74 Å². The molecule has 37 heavy (non-hydrogen) atoms. The molecule has 4 heterocycles. The lowest BCUT2D eigenvalue weighted by Gasteiger charge is -2.29. The van der Waals surface area contributed by atoms with Crippen LogP contribution in [0.5, 0.6) is 11.5 Å². The second-order valence-corrected chi connectivity index (χ2v) is 11.6. The maximum absolute atomic E-state index is 6.47. The second kappa shape index (κ2) is 8.94. The normalized spacial score (nSPS) is 14.2. The zero-order chi connectivity index (χ0) is 26.5. The summed E-state index contributed by atoms with van der Waals surface area (Å²) >= 11 is 0. The molecule has 0 bridgehead atoms. The summed E-state index contributed by atoms with van der Waals surface area (Å²) in [5.74, 6) is 1.56. The van der Waals surface area contributed by atoms with Gasteiger partial charge in [-0.2, -0.15) is 0 Å². The monoisotopic (exact) mass is 495 g/mol. The van der Waals surface area contributed by atoms with Gasteiger partial charge in [0.1, 0.15) is 17.1 Å². The molecule has 3 aromatic heterocycles. The highest BCUT2D eigenvalue weighted by molar-refractivity contribution is 5.57. The molecule has 0 saturated heterocycles. The molecule has 0 unspecified atom stereocenters. The van der Waals surface area contributed by atoms with Gasteiger partial charge in [-0.05, 0) is 62.9 Å². The van der Waals surface area contributed by atoms with Crippen molar-refractivity contribution in [2.24, 2.45) is 0 Å². The van der Waals surface area contributed by atoms with Gasteiger partial charge in [0, 0.05) is 66.3 Å². The van der Waals surface area contributed by atoms with Crippen LogP contribution in [0, 0.1) is 13.8 Å². The van der Waals surface area contributed by atoms with Gasteiger partial charge in [0.25, 0.3) is 0 Å². The largest absolute Gasteiger partial charge is 0.457 e. The van der Waals surface area contributed by atoms with Gasteiger partial charge in [0.15, 0.2) is 0 Å². The minimum Gasteiger partial charge on any atom is -0.457 e. The number of hydrogen-bond donors (Lipinski definition) is 0. The van der Waals surface area contributed by atoms with Crippen LogP contribution in [0.1, 0.15) is 63.0 Å². The Hall–Kier alpha value is -3.80. The van der Waals surface area contributed by atoms with Crippen molar-refractivity contribution in [3.63, 3.8) is 0 Å². The summed E-state index contributed by atoms with van der Waals surface area (Å²) in [6, 6.07) is 16.7. The van der Waals surface area contributed by atoms with Crippen molar-refractivity contribution in [1.29, 1.82) is 0 Å². The highest BCUT2D eigenvalue weighted by atomic mass is 16.5. The van der Waals surface area contributed by atoms with Gasteiger partial charge in [-0.3, -0.25) is 9.38 Å². The van der Waals surface area contributed by atoms with E-state index in [2.05, 4.69) is 112 Å². The van der Waals surface area contributed by atoms with Crippen molar-refractivity contribution in [1.82, 2.24) is 19.3 Å². The predicted octanol–water partition coefficient (Wildman–Crippen LogP) is 6.94. The molecule has 0 amide bonds. The maximum Gasteiger partial charge on any atom is 0.141 e. The zero-order valence-corrected chi connectivity index (χ0v) is 23.2. The van der Waals surface area contributed by atoms with Crippen LogP contribution < -0.4 is 9.64 Å². The molecule has 6 nitrogen and oxygen atoms in total. The summed E-state index contributed by atoms with van der Waals surface area (Å²) in [5, 5.41) is 0. The van der Waals surface area contributed by atoms with E-state index in [0.29, 0.717) is 0 Å². The molecule has 0 atom stereocenters. The van der Waals surface area contributed by atoms with E-state index in [1.165, 1.54) is 5.56 Å². The first kappa shape index (κ1) is 24.9. The molecule has 1 aliphatic rings. The van der Waals surface area contributed by atoms with Gasteiger partial charge in [0.05, 0.1) is 18.1 Å². The van der Waals surface area contributed by atoms with Crippen LogP contribution in [0.15, 0.2) is 67.1 Å². The van der Waals surface area contributed by atoms with Gasteiger partial charge >= 0.3 is 0 Å². The fraction of sp³-hybridized carbons (Fsp3) is 0.355. The number of rotatable bonds is 5. The van der Waals surface area contributed by atoms with E-state index in [1.54, 1.807) is 0 Å². The van der Waals surface area contributed by atoms with Crippen LogP contribution in [0.2, 0.25) is 0 Å². The number of nitrogens with zero attached hydrogens (tertiary/aromatic N) is 5. The number of anilines is 1. The topological polar surface area (TPSA) is 45.9 Å². The Bertz CT molecular complexity index is 1490. The Morgan fingerprint density at radius 1 is 0.892 bits per heavy atom. The quantitative estimate of drug-likeness (QED) is 0.300. The SMILES string of the molecule is Cc1nc2cc(Oc3cccc(N4C=CN(C)C4)c3)cc(C(C)(C)c3cc(C(C)(C)C)ccn3)n2c1C. The molecule has 0 fully saturated rings. The molecule has 5 rings (SSSR count). The molecule has 1 aliphatic heterocycles. The molecule has 4 aromatic rings. The van der Waals surface area contributed by atoms with Gasteiger partial charge in [-0.1, -0.05) is 26.8 Å². The van der Waals surface area contributed by atoms with Crippen LogP contribution in [-0.4, -0.2) is 33.0 Å². The number of aryl methyl sites for hydroxylation is 2. The lowest BCUT2D eigenvalue weighted by Crippen LogP contribution is -2.25. The van der Waals surface area contributed by atoms with Gasteiger partial charge in [0.2, 0.25) is 0 Å². The van der Waals surface area contributed by atoms with Crippen LogP contribution in [-0.2, 0) is 10.8 Å². The van der Waals surface area contributed by atoms with Crippen molar-refractivity contribution in [3.8, 4) is 11.5 Å². The number of aromatic nitrogens is 3. The van der Waals surface area contributed by atoms with Crippen LogP contribution in [0.4, 0.5) is 5.69 Å². The third-order valence-electron chi connectivity index (χ3n) is 7.33. The number of imidazole rings is 1. The molecule has 1 aromatic carbocycles. The Morgan fingerprint density at radius 2 is 1.68 bits per heavy atom. The molecule has 0 aliphatic carbocycles. The van der Waals surface area contributed by atoms with Crippen LogP contribution >= 0.6 is 0 Å². The summed E-state index contributed by atoms with van der Waals surface area (Å²) in [5.41, 5.74) is 7.15. The first-order valence-corrected chi connectivity index (χ1v) is 12.8. The lowest BCUT2D eigenvalue weighted by molar-refractivity contribution is 0.475. The Kier molecular flexibility index (Phi) is 6.01. The van der Waals surface area contributed by atoms with E-state index >= 15 is 0 Å². The smallest absolute Gasteiger partial charge is 0.141 e. The third kappa shape index (κ3) is 4.68. The van der Waals surface area contributed by atoms with Crippen molar-refractivity contribution >= 4 is 11.3 Å². The molecule has 192 valence electrons. The van der Waals surface area contributed by atoms with Gasteiger partial charge in [-0.25, -0.2) is 4.98 Å². The fourth-order valence-electron chi connectivity index (χ4n) is 4.85. The molecule has 0 spiro atoms. The molecule has 0 N–H and O–H groups in total. The number of hydrogen-bond acceptors (Lipinski definition) is 5. The lowest BCUT2D eigenvalue weighted by atomic mass is 9.80. The molecule has 0 saturated carbocycles. The summed E-state index contributed by atoms with van der Waals surface area (Å²) in [6.07, 6.45) is 6.08. The number of ether oxygens (including phenoxy) is 1. The summed E-state index contributed by atoms with van der Waals surface area (Å²) in [4.78, 5) is 14.0. The van der Waals surface area contributed by atoms with E-state index in [0.717, 1.165) is 52.3 Å². The number of fused-ring (bicyclic) bond motifs is 1. The molecular weight excluding hydrogens is 458 g/mol. The molecular formula is C31H37N5O. The average molecular weight is 496 g/mol. The molecule has 0 radical (unpaired) electrons. The predicted molar refractivity (Wildman–Crippen MR) is 150 cm³/mol. The minimum absolute atomic E-state index is 0.0416. The molecule has 6 heteroatoms. The summed E-state index contributed by atoms with van der Waals surface area (Å²) in [6.45, 7) is 16.2. The Morgan fingerprint density at radius 3 is 2.38 bits per heavy atom. The minimum atomic E-state index is -0.385. The second-order valence-electron chi connectivity index (χ2n) is 11.6. The first-order chi connectivity index (χ1) is 17.4. The van der Waals surface area contributed by atoms with E-state index < -0.39 is 0 Å². The standard InChI is InChI=1S/C31H37N5O/c1-21-22(2)36-28(31(6,7)27-16-23(12-13-32-27)30(3,4)5)18-26(19-29(36)33-21)37-25-11-9-10-24(17-25)35-15-14-34(8)20-35/h9-19H,20H2,1-8H3. The number of pyridine rings is 2. The third-order valence-corrected chi connectivity index (χ3v) is 7.33. The highest BCUT2D eigenvalue weighted by Crippen LogP contribution is 2.37. The average Bonchev–Trinajstić information content (AvgIpc) is 3.41. The zero-order valence-electron chi connectivity index (χ0n) is 23.2. The van der Waals surface area contributed by atoms with E-state index in [4.69, 9.17) is 14.7 Å². The van der Waals surface area contributed by atoms with E-state index in [9.17, 15) is 0 Å². The summed E-state index contributed by atoms with van der Waals surface area (Å²) in [7, 11) is 2.07. The van der Waals surface area contributed by atoms with Crippen molar-refractivity contribution in [3.05, 3.63) is 95.5 Å².